The molecule has 2 aliphatic rings. The molecule has 2 aliphatic heterocycles. The molecule has 20 heavy (non-hydrogen) atoms. The molecule has 2 amide bonds. The molecule has 1 aromatic rings. The third-order valence-electron chi connectivity index (χ3n) is 3.78. The van der Waals surface area contributed by atoms with Crippen LogP contribution in [-0.4, -0.2) is 37.1 Å². The predicted octanol–water partition coefficient (Wildman–Crippen LogP) is 1.09. The van der Waals surface area contributed by atoms with Crippen LogP contribution in [0.5, 0.6) is 0 Å². The van der Waals surface area contributed by atoms with E-state index < -0.39 is 6.04 Å². The van der Waals surface area contributed by atoms with Gasteiger partial charge in [-0.2, -0.15) is 0 Å². The van der Waals surface area contributed by atoms with Crippen LogP contribution in [0.2, 0.25) is 0 Å². The molecule has 3 rings (SSSR count). The highest BCUT2D eigenvalue weighted by Gasteiger charge is 2.39. The van der Waals surface area contributed by atoms with Crippen LogP contribution >= 0.6 is 0 Å². The zero-order valence-electron chi connectivity index (χ0n) is 11.2. The highest BCUT2D eigenvalue weighted by Crippen LogP contribution is 2.22. The Morgan fingerprint density at radius 1 is 1.25 bits per heavy atom. The number of amides is 2. The van der Waals surface area contributed by atoms with Crippen molar-refractivity contribution in [2.24, 2.45) is 0 Å². The summed E-state index contributed by atoms with van der Waals surface area (Å²) in [7, 11) is 0. The molecule has 1 N–H and O–H groups in total. The first kappa shape index (κ1) is 13.3. The van der Waals surface area contributed by atoms with E-state index in [0.29, 0.717) is 12.2 Å². The van der Waals surface area contributed by atoms with Crippen LogP contribution in [0.4, 0.5) is 5.69 Å². The maximum absolute atomic E-state index is 12.3. The summed E-state index contributed by atoms with van der Waals surface area (Å²) < 4.78 is 5.51. The number of nitrogens with zero attached hydrogens (tertiary/aromatic N) is 1. The Hall–Kier alpha value is -1.72. The van der Waals surface area contributed by atoms with E-state index in [4.69, 9.17) is 4.74 Å². The minimum absolute atomic E-state index is 0.147. The number of hydrogen-bond acceptors (Lipinski definition) is 4. The van der Waals surface area contributed by atoms with Gasteiger partial charge in [0.05, 0.1) is 24.3 Å². The molecule has 2 saturated heterocycles. The molecular weight excluding hydrogens is 256 g/mol. The van der Waals surface area contributed by atoms with E-state index in [1.54, 1.807) is 12.1 Å². The Morgan fingerprint density at radius 2 is 2.05 bits per heavy atom. The maximum atomic E-state index is 12.3. The van der Waals surface area contributed by atoms with Gasteiger partial charge in [-0.05, 0) is 25.0 Å². The van der Waals surface area contributed by atoms with Crippen LogP contribution in [0, 0.1) is 0 Å². The van der Waals surface area contributed by atoms with Gasteiger partial charge in [-0.3, -0.25) is 9.59 Å². The topological polar surface area (TPSA) is 58.6 Å². The Balaban J connectivity index is 1.64. The molecule has 0 spiro atoms. The maximum Gasteiger partial charge on any atom is 0.251 e. The zero-order valence-corrected chi connectivity index (χ0v) is 11.2. The number of para-hydroxylation sites is 1. The summed E-state index contributed by atoms with van der Waals surface area (Å²) in [5, 5.41) is 3.17. The Bertz CT molecular complexity index is 497. The van der Waals surface area contributed by atoms with E-state index in [1.807, 2.05) is 18.2 Å². The lowest BCUT2D eigenvalue weighted by Gasteiger charge is -2.16. The van der Waals surface area contributed by atoms with Crippen molar-refractivity contribution in [3.63, 3.8) is 0 Å². The summed E-state index contributed by atoms with van der Waals surface area (Å²) in [5.41, 5.74) is 0.643. The molecule has 2 atom stereocenters. The first-order valence-corrected chi connectivity index (χ1v) is 7.02. The third kappa shape index (κ3) is 2.59. The van der Waals surface area contributed by atoms with Crippen molar-refractivity contribution in [1.29, 1.82) is 0 Å². The lowest BCUT2D eigenvalue weighted by Crippen LogP contribution is -2.41. The van der Waals surface area contributed by atoms with E-state index >= 15 is 0 Å². The largest absolute Gasteiger partial charge is 0.377 e. The number of carbonyl (C=O) groups excluding carboxylic acids is 2. The average molecular weight is 274 g/mol. The third-order valence-corrected chi connectivity index (χ3v) is 3.78. The molecule has 0 bridgehead atoms. The van der Waals surface area contributed by atoms with Gasteiger partial charge in [-0.15, -0.1) is 0 Å². The molecule has 5 heteroatoms. The van der Waals surface area contributed by atoms with Crippen molar-refractivity contribution < 1.29 is 14.3 Å². The first-order chi connectivity index (χ1) is 9.75. The average Bonchev–Trinajstić information content (AvgIpc) is 3.06. The van der Waals surface area contributed by atoms with Gasteiger partial charge in [0.25, 0.3) is 5.91 Å². The van der Waals surface area contributed by atoms with E-state index in [2.05, 4.69) is 5.32 Å². The smallest absolute Gasteiger partial charge is 0.251 e. The molecule has 2 heterocycles. The minimum atomic E-state index is -0.424. The van der Waals surface area contributed by atoms with Crippen LogP contribution in [-0.2, 0) is 14.3 Å². The van der Waals surface area contributed by atoms with E-state index in [-0.39, 0.29) is 24.3 Å². The van der Waals surface area contributed by atoms with Crippen molar-refractivity contribution in [3.8, 4) is 0 Å². The van der Waals surface area contributed by atoms with Crippen LogP contribution in [0.1, 0.15) is 19.3 Å². The van der Waals surface area contributed by atoms with Gasteiger partial charge in [0.1, 0.15) is 0 Å². The molecule has 0 aliphatic carbocycles. The predicted molar refractivity (Wildman–Crippen MR) is 74.3 cm³/mol. The van der Waals surface area contributed by atoms with E-state index in [1.165, 1.54) is 4.90 Å². The molecule has 0 unspecified atom stereocenters. The van der Waals surface area contributed by atoms with Gasteiger partial charge in [0.2, 0.25) is 5.91 Å². The van der Waals surface area contributed by atoms with Crippen molar-refractivity contribution in [3.05, 3.63) is 30.3 Å². The summed E-state index contributed by atoms with van der Waals surface area (Å²) in [5.74, 6) is -0.315. The van der Waals surface area contributed by atoms with E-state index in [0.717, 1.165) is 19.4 Å². The van der Waals surface area contributed by atoms with Crippen LogP contribution in [0.25, 0.3) is 0 Å². The zero-order chi connectivity index (χ0) is 13.9. The SMILES string of the molecule is O=C1C[C@H](NC[C@H]2CCCO2)C(=O)N1c1ccccc1. The quantitative estimate of drug-likeness (QED) is 0.835. The van der Waals surface area contributed by atoms with Gasteiger partial charge in [-0.25, -0.2) is 4.90 Å². The van der Waals surface area contributed by atoms with Gasteiger partial charge in [0, 0.05) is 13.2 Å². The lowest BCUT2D eigenvalue weighted by atomic mass is 10.2. The second-order valence-corrected chi connectivity index (χ2v) is 5.20. The minimum Gasteiger partial charge on any atom is -0.377 e. The number of carbonyl (C=O) groups is 2. The molecule has 0 radical (unpaired) electrons. The molecule has 0 saturated carbocycles. The standard InChI is InChI=1S/C15H18N2O3/c18-14-9-13(16-10-12-7-4-8-20-12)15(19)17(14)11-5-2-1-3-6-11/h1-3,5-6,12-13,16H,4,7-10H2/t12-,13+/m1/s1. The monoisotopic (exact) mass is 274 g/mol. The number of imide groups is 1. The number of nitrogens with one attached hydrogen (secondary N) is 1. The van der Waals surface area contributed by atoms with Crippen molar-refractivity contribution in [1.82, 2.24) is 5.32 Å². The number of hydrogen-bond donors (Lipinski definition) is 1. The summed E-state index contributed by atoms with van der Waals surface area (Å²) in [6, 6.07) is 8.64. The molecule has 106 valence electrons. The van der Waals surface area contributed by atoms with Gasteiger partial charge in [-0.1, -0.05) is 18.2 Å². The fourth-order valence-corrected chi connectivity index (χ4v) is 2.72. The summed E-state index contributed by atoms with van der Waals surface area (Å²) >= 11 is 0. The number of benzene rings is 1. The Labute approximate surface area is 117 Å². The summed E-state index contributed by atoms with van der Waals surface area (Å²) in [6.45, 7) is 1.42. The summed E-state index contributed by atoms with van der Waals surface area (Å²) in [6.07, 6.45) is 2.48. The number of ether oxygens (including phenoxy) is 1. The molecule has 2 fully saturated rings. The van der Waals surface area contributed by atoms with Crippen molar-refractivity contribution in [2.45, 2.75) is 31.4 Å². The Kier molecular flexibility index (Phi) is 3.80. The number of rotatable bonds is 4. The summed E-state index contributed by atoms with van der Waals surface area (Å²) in [4.78, 5) is 25.6. The van der Waals surface area contributed by atoms with Crippen molar-refractivity contribution >= 4 is 17.5 Å². The highest BCUT2D eigenvalue weighted by molar-refractivity contribution is 6.22. The fraction of sp³-hybridized carbons (Fsp3) is 0.467. The second kappa shape index (κ2) is 5.73. The van der Waals surface area contributed by atoms with Gasteiger partial charge in [0.15, 0.2) is 0 Å². The first-order valence-electron chi connectivity index (χ1n) is 7.02. The lowest BCUT2D eigenvalue weighted by molar-refractivity contribution is -0.121. The van der Waals surface area contributed by atoms with E-state index in [9.17, 15) is 9.59 Å². The highest BCUT2D eigenvalue weighted by atomic mass is 16.5. The second-order valence-electron chi connectivity index (χ2n) is 5.20. The number of anilines is 1. The molecular formula is C15H18N2O3. The van der Waals surface area contributed by atoms with Crippen LogP contribution in [0.15, 0.2) is 30.3 Å². The fourth-order valence-electron chi connectivity index (χ4n) is 2.72. The Morgan fingerprint density at radius 3 is 2.75 bits per heavy atom. The normalized spacial score (nSPS) is 26.5. The van der Waals surface area contributed by atoms with Gasteiger partial charge >= 0.3 is 0 Å². The molecule has 5 nitrogen and oxygen atoms in total. The van der Waals surface area contributed by atoms with Gasteiger partial charge < -0.3 is 10.1 Å². The molecule has 0 aromatic heterocycles. The molecule has 1 aromatic carbocycles. The van der Waals surface area contributed by atoms with Crippen LogP contribution in [0.3, 0.4) is 0 Å². The van der Waals surface area contributed by atoms with Crippen LogP contribution < -0.4 is 10.2 Å². The van der Waals surface area contributed by atoms with Crippen molar-refractivity contribution in [2.75, 3.05) is 18.1 Å².